The molecule has 0 saturated heterocycles. The van der Waals surface area contributed by atoms with E-state index >= 15 is 0 Å². The summed E-state index contributed by atoms with van der Waals surface area (Å²) < 4.78 is 10.3. The Hall–Kier alpha value is -0.120. The lowest BCUT2D eigenvalue weighted by molar-refractivity contribution is 0.122. The summed E-state index contributed by atoms with van der Waals surface area (Å²) in [5, 5.41) is 3.50. The Bertz CT molecular complexity index is 120. The number of methoxy groups -OCH3 is 2. The van der Waals surface area contributed by atoms with Crippen molar-refractivity contribution in [3.05, 3.63) is 0 Å². The van der Waals surface area contributed by atoms with Crippen LogP contribution >= 0.6 is 0 Å². The highest BCUT2D eigenvalue weighted by Crippen LogP contribution is 2.08. The minimum Gasteiger partial charge on any atom is -0.385 e. The molecule has 0 aliphatic rings. The second kappa shape index (κ2) is 9.44. The third-order valence-electron chi connectivity index (χ3n) is 2.47. The molecule has 3 heteroatoms. The van der Waals surface area contributed by atoms with Crippen LogP contribution in [-0.2, 0) is 9.47 Å². The first-order valence-electron chi connectivity index (χ1n) is 5.47. The highest BCUT2D eigenvalue weighted by atomic mass is 16.5. The molecule has 0 rings (SSSR count). The first kappa shape index (κ1) is 13.9. The highest BCUT2D eigenvalue weighted by molar-refractivity contribution is 4.72. The molecule has 14 heavy (non-hydrogen) atoms. The van der Waals surface area contributed by atoms with Crippen LogP contribution in [0.15, 0.2) is 0 Å². The third-order valence-corrected chi connectivity index (χ3v) is 2.47. The molecule has 0 radical (unpaired) electrons. The summed E-state index contributed by atoms with van der Waals surface area (Å²) in [7, 11) is 3.50. The van der Waals surface area contributed by atoms with E-state index in [9.17, 15) is 0 Å². The third kappa shape index (κ3) is 6.35. The Morgan fingerprint density at radius 2 is 1.93 bits per heavy atom. The topological polar surface area (TPSA) is 30.5 Å². The minimum atomic E-state index is 0.454. The van der Waals surface area contributed by atoms with E-state index < -0.39 is 0 Å². The van der Waals surface area contributed by atoms with Crippen LogP contribution in [0.4, 0.5) is 0 Å². The molecule has 0 heterocycles. The molecule has 2 atom stereocenters. The molecule has 0 bridgehead atoms. The normalized spacial score (nSPS) is 15.4. The van der Waals surface area contributed by atoms with Crippen molar-refractivity contribution in [3.8, 4) is 0 Å². The van der Waals surface area contributed by atoms with Gasteiger partial charge in [0.05, 0.1) is 6.61 Å². The van der Waals surface area contributed by atoms with Gasteiger partial charge >= 0.3 is 0 Å². The Morgan fingerprint density at radius 1 is 1.21 bits per heavy atom. The fraction of sp³-hybridized carbons (Fsp3) is 1.00. The minimum absolute atomic E-state index is 0.454. The van der Waals surface area contributed by atoms with E-state index in [1.807, 2.05) is 0 Å². The second-order valence-corrected chi connectivity index (χ2v) is 3.77. The molecule has 0 aliphatic carbocycles. The molecular weight excluding hydrogens is 178 g/mol. The number of ether oxygens (including phenoxy) is 2. The first-order valence-corrected chi connectivity index (χ1v) is 5.47. The van der Waals surface area contributed by atoms with Crippen LogP contribution in [0.1, 0.15) is 26.7 Å². The van der Waals surface area contributed by atoms with Crippen LogP contribution in [0.2, 0.25) is 0 Å². The molecule has 0 amide bonds. The number of hydrogen-bond donors (Lipinski definition) is 1. The lowest BCUT2D eigenvalue weighted by Crippen LogP contribution is -2.39. The molecule has 2 unspecified atom stereocenters. The quantitative estimate of drug-likeness (QED) is 0.618. The summed E-state index contributed by atoms with van der Waals surface area (Å²) in [6, 6.07) is 0.454. The van der Waals surface area contributed by atoms with Crippen molar-refractivity contribution in [1.82, 2.24) is 5.32 Å². The van der Waals surface area contributed by atoms with E-state index in [4.69, 9.17) is 9.47 Å². The number of hydrogen-bond acceptors (Lipinski definition) is 3. The van der Waals surface area contributed by atoms with Gasteiger partial charge in [0.1, 0.15) is 0 Å². The predicted molar refractivity (Wildman–Crippen MR) is 59.6 cm³/mol. The largest absolute Gasteiger partial charge is 0.385 e. The zero-order valence-electron chi connectivity index (χ0n) is 10.0. The molecule has 0 saturated carbocycles. The van der Waals surface area contributed by atoms with E-state index in [-0.39, 0.29) is 0 Å². The monoisotopic (exact) mass is 203 g/mol. The average molecular weight is 203 g/mol. The van der Waals surface area contributed by atoms with Gasteiger partial charge < -0.3 is 14.8 Å². The van der Waals surface area contributed by atoms with Crippen molar-refractivity contribution < 1.29 is 9.47 Å². The zero-order chi connectivity index (χ0) is 10.8. The van der Waals surface area contributed by atoms with Gasteiger partial charge in [-0.15, -0.1) is 0 Å². The van der Waals surface area contributed by atoms with Gasteiger partial charge in [-0.1, -0.05) is 13.8 Å². The van der Waals surface area contributed by atoms with Crippen LogP contribution in [0.3, 0.4) is 0 Å². The van der Waals surface area contributed by atoms with Gasteiger partial charge in [-0.25, -0.2) is 0 Å². The summed E-state index contributed by atoms with van der Waals surface area (Å²) in [6.45, 7) is 7.09. The van der Waals surface area contributed by atoms with Gasteiger partial charge in [0.25, 0.3) is 0 Å². The fourth-order valence-electron chi connectivity index (χ4n) is 1.44. The predicted octanol–water partition coefficient (Wildman–Crippen LogP) is 1.67. The maximum atomic E-state index is 5.20. The summed E-state index contributed by atoms with van der Waals surface area (Å²) >= 11 is 0. The average Bonchev–Trinajstić information content (AvgIpc) is 2.20. The van der Waals surface area contributed by atoms with Crippen LogP contribution in [0.25, 0.3) is 0 Å². The highest BCUT2D eigenvalue weighted by Gasteiger charge is 2.15. The maximum Gasteiger partial charge on any atom is 0.0618 e. The lowest BCUT2D eigenvalue weighted by atomic mass is 9.99. The van der Waals surface area contributed by atoms with Gasteiger partial charge in [-0.3, -0.25) is 0 Å². The number of nitrogens with one attached hydrogen (secondary N) is 1. The van der Waals surface area contributed by atoms with E-state index in [0.29, 0.717) is 12.0 Å². The van der Waals surface area contributed by atoms with Crippen LogP contribution in [-0.4, -0.2) is 40.0 Å². The first-order chi connectivity index (χ1) is 6.76. The molecule has 0 aromatic carbocycles. The van der Waals surface area contributed by atoms with Crippen molar-refractivity contribution in [2.24, 2.45) is 5.92 Å². The molecule has 3 nitrogen and oxygen atoms in total. The summed E-state index contributed by atoms with van der Waals surface area (Å²) in [5.41, 5.74) is 0. The Morgan fingerprint density at radius 3 is 2.43 bits per heavy atom. The molecule has 0 aliphatic heterocycles. The lowest BCUT2D eigenvalue weighted by Gasteiger charge is -2.24. The standard InChI is InChI=1S/C11H25NO2/c1-5-7-12-11(9-14-4)10(2)6-8-13-3/h10-12H,5-9H2,1-4H3. The van der Waals surface area contributed by atoms with E-state index in [0.717, 1.165) is 32.6 Å². The van der Waals surface area contributed by atoms with Gasteiger partial charge in [0.15, 0.2) is 0 Å². The Balaban J connectivity index is 3.77. The van der Waals surface area contributed by atoms with Crippen LogP contribution < -0.4 is 5.32 Å². The Labute approximate surface area is 88.2 Å². The molecule has 0 spiro atoms. The van der Waals surface area contributed by atoms with Crippen molar-refractivity contribution in [1.29, 1.82) is 0 Å². The van der Waals surface area contributed by atoms with Crippen molar-refractivity contribution in [2.45, 2.75) is 32.7 Å². The second-order valence-electron chi connectivity index (χ2n) is 3.77. The van der Waals surface area contributed by atoms with Gasteiger partial charge in [-0.2, -0.15) is 0 Å². The van der Waals surface area contributed by atoms with Crippen molar-refractivity contribution in [2.75, 3.05) is 34.0 Å². The van der Waals surface area contributed by atoms with Gasteiger partial charge in [0.2, 0.25) is 0 Å². The SMILES string of the molecule is CCCNC(COC)C(C)CCOC. The molecular formula is C11H25NO2. The zero-order valence-corrected chi connectivity index (χ0v) is 10.0. The molecule has 1 N–H and O–H groups in total. The van der Waals surface area contributed by atoms with Crippen LogP contribution in [0.5, 0.6) is 0 Å². The van der Waals surface area contributed by atoms with Gasteiger partial charge in [0, 0.05) is 26.9 Å². The smallest absolute Gasteiger partial charge is 0.0618 e. The molecule has 86 valence electrons. The van der Waals surface area contributed by atoms with E-state index in [1.165, 1.54) is 0 Å². The molecule has 0 fully saturated rings. The van der Waals surface area contributed by atoms with E-state index in [2.05, 4.69) is 19.2 Å². The van der Waals surface area contributed by atoms with Gasteiger partial charge in [-0.05, 0) is 25.3 Å². The van der Waals surface area contributed by atoms with Crippen LogP contribution in [0, 0.1) is 5.92 Å². The van der Waals surface area contributed by atoms with E-state index in [1.54, 1.807) is 14.2 Å². The molecule has 0 aromatic rings. The summed E-state index contributed by atoms with van der Waals surface area (Å²) in [5.74, 6) is 0.599. The maximum absolute atomic E-state index is 5.20. The number of rotatable bonds is 9. The van der Waals surface area contributed by atoms with Crippen molar-refractivity contribution in [3.63, 3.8) is 0 Å². The summed E-state index contributed by atoms with van der Waals surface area (Å²) in [6.07, 6.45) is 2.25. The fourth-order valence-corrected chi connectivity index (χ4v) is 1.44. The van der Waals surface area contributed by atoms with Crippen molar-refractivity contribution >= 4 is 0 Å². The Kier molecular flexibility index (Phi) is 9.35. The summed E-state index contributed by atoms with van der Waals surface area (Å²) in [4.78, 5) is 0. The molecule has 0 aromatic heterocycles.